The van der Waals surface area contributed by atoms with E-state index in [-0.39, 0.29) is 6.54 Å². The van der Waals surface area contributed by atoms with E-state index in [0.717, 1.165) is 4.47 Å². The van der Waals surface area contributed by atoms with Gasteiger partial charge in [-0.2, -0.15) is 0 Å². The van der Waals surface area contributed by atoms with E-state index in [1.54, 1.807) is 12.4 Å². The standard InChI is InChI=1S/C12H14BrFN4/c1-12(2,14)6-18-9-5-16-8-3-7(13)4-17-11(8)10(9)15/h3-5,18H,6H2,1-2H3,(H2,15,16). The highest BCUT2D eigenvalue weighted by molar-refractivity contribution is 9.10. The summed E-state index contributed by atoms with van der Waals surface area (Å²) in [6.45, 7) is 3.17. The van der Waals surface area contributed by atoms with Crippen LogP contribution in [0.15, 0.2) is 22.9 Å². The largest absolute Gasteiger partial charge is 0.395 e. The number of hydrogen-bond acceptors (Lipinski definition) is 4. The number of hydrogen-bond donors (Lipinski definition) is 2. The zero-order valence-corrected chi connectivity index (χ0v) is 11.8. The highest BCUT2D eigenvalue weighted by atomic mass is 79.9. The Morgan fingerprint density at radius 1 is 1.39 bits per heavy atom. The Hall–Kier alpha value is -1.43. The number of nitrogens with two attached hydrogens (primary N) is 1. The molecule has 0 amide bonds. The van der Waals surface area contributed by atoms with E-state index < -0.39 is 5.67 Å². The summed E-state index contributed by atoms with van der Waals surface area (Å²) in [7, 11) is 0. The molecule has 0 aliphatic heterocycles. The molecule has 18 heavy (non-hydrogen) atoms. The van der Waals surface area contributed by atoms with Gasteiger partial charge in [0.15, 0.2) is 0 Å². The molecule has 0 bridgehead atoms. The number of fused-ring (bicyclic) bond motifs is 1. The molecule has 0 aromatic carbocycles. The molecule has 2 aromatic rings. The topological polar surface area (TPSA) is 63.8 Å². The summed E-state index contributed by atoms with van der Waals surface area (Å²) in [5, 5.41) is 2.95. The number of anilines is 2. The molecule has 6 heteroatoms. The van der Waals surface area contributed by atoms with Crippen molar-refractivity contribution in [1.29, 1.82) is 0 Å². The number of nitrogens with zero attached hydrogens (tertiary/aromatic N) is 2. The first-order valence-corrected chi connectivity index (χ1v) is 6.29. The smallest absolute Gasteiger partial charge is 0.122 e. The zero-order valence-electron chi connectivity index (χ0n) is 10.2. The Morgan fingerprint density at radius 3 is 2.78 bits per heavy atom. The van der Waals surface area contributed by atoms with Gasteiger partial charge in [0.2, 0.25) is 0 Å². The molecular formula is C12H14BrFN4. The lowest BCUT2D eigenvalue weighted by Gasteiger charge is -2.17. The zero-order chi connectivity index (χ0) is 13.3. The molecule has 2 heterocycles. The van der Waals surface area contributed by atoms with E-state index >= 15 is 0 Å². The molecule has 0 fully saturated rings. The quantitative estimate of drug-likeness (QED) is 0.914. The monoisotopic (exact) mass is 312 g/mol. The molecule has 0 radical (unpaired) electrons. The second-order valence-corrected chi connectivity index (χ2v) is 5.59. The lowest BCUT2D eigenvalue weighted by atomic mass is 10.1. The minimum absolute atomic E-state index is 0.168. The van der Waals surface area contributed by atoms with Crippen LogP contribution in [0.4, 0.5) is 15.8 Å². The lowest BCUT2D eigenvalue weighted by Crippen LogP contribution is -2.24. The van der Waals surface area contributed by atoms with Crippen molar-refractivity contribution in [3.05, 3.63) is 22.9 Å². The van der Waals surface area contributed by atoms with Crippen LogP contribution in [0.3, 0.4) is 0 Å². The normalized spacial score (nSPS) is 11.8. The van der Waals surface area contributed by atoms with Crippen LogP contribution < -0.4 is 11.1 Å². The van der Waals surface area contributed by atoms with Gasteiger partial charge in [-0.15, -0.1) is 0 Å². The second kappa shape index (κ2) is 4.68. The molecular weight excluding hydrogens is 299 g/mol. The second-order valence-electron chi connectivity index (χ2n) is 4.68. The van der Waals surface area contributed by atoms with Gasteiger partial charge in [-0.05, 0) is 35.8 Å². The third-order valence-electron chi connectivity index (χ3n) is 2.41. The number of alkyl halides is 1. The predicted octanol–water partition coefficient (Wildman–Crippen LogP) is 3.13. The Labute approximate surface area is 113 Å². The third-order valence-corrected chi connectivity index (χ3v) is 2.85. The van der Waals surface area contributed by atoms with Gasteiger partial charge in [-0.25, -0.2) is 4.39 Å². The van der Waals surface area contributed by atoms with Crippen LogP contribution in [0, 0.1) is 0 Å². The fourth-order valence-corrected chi connectivity index (χ4v) is 1.83. The molecule has 0 spiro atoms. The molecule has 4 nitrogen and oxygen atoms in total. The Bertz CT molecular complexity index is 580. The Kier molecular flexibility index (Phi) is 3.38. The van der Waals surface area contributed by atoms with Crippen molar-refractivity contribution in [2.24, 2.45) is 0 Å². The van der Waals surface area contributed by atoms with Crippen LogP contribution in [0.2, 0.25) is 0 Å². The van der Waals surface area contributed by atoms with E-state index in [4.69, 9.17) is 5.73 Å². The van der Waals surface area contributed by atoms with Crippen molar-refractivity contribution in [1.82, 2.24) is 9.97 Å². The van der Waals surface area contributed by atoms with Crippen LogP contribution in [0.25, 0.3) is 11.0 Å². The van der Waals surface area contributed by atoms with Gasteiger partial charge < -0.3 is 11.1 Å². The van der Waals surface area contributed by atoms with Crippen LogP contribution in [0.5, 0.6) is 0 Å². The average molecular weight is 313 g/mol. The Balaban J connectivity index is 2.36. The van der Waals surface area contributed by atoms with Gasteiger partial charge in [0.05, 0.1) is 23.1 Å². The minimum atomic E-state index is -1.31. The molecule has 2 rings (SSSR count). The van der Waals surface area contributed by atoms with Crippen molar-refractivity contribution in [2.45, 2.75) is 19.5 Å². The molecule has 0 unspecified atom stereocenters. The number of pyridine rings is 2. The van der Waals surface area contributed by atoms with Crippen LogP contribution in [0.1, 0.15) is 13.8 Å². The molecule has 0 saturated heterocycles. The highest BCUT2D eigenvalue weighted by Gasteiger charge is 2.16. The van der Waals surface area contributed by atoms with Crippen LogP contribution in [-0.2, 0) is 0 Å². The van der Waals surface area contributed by atoms with Crippen LogP contribution >= 0.6 is 15.9 Å². The molecule has 0 saturated carbocycles. The maximum Gasteiger partial charge on any atom is 0.122 e. The van der Waals surface area contributed by atoms with Gasteiger partial charge in [0.25, 0.3) is 0 Å². The number of halogens is 2. The summed E-state index contributed by atoms with van der Waals surface area (Å²) in [5.41, 5.74) is 7.08. The highest BCUT2D eigenvalue weighted by Crippen LogP contribution is 2.27. The summed E-state index contributed by atoms with van der Waals surface area (Å²) in [5.74, 6) is 0. The van der Waals surface area contributed by atoms with E-state index in [9.17, 15) is 4.39 Å². The van der Waals surface area contributed by atoms with Gasteiger partial charge in [0.1, 0.15) is 11.2 Å². The van der Waals surface area contributed by atoms with Crippen molar-refractivity contribution < 1.29 is 4.39 Å². The SMILES string of the molecule is CC(C)(F)CNc1cnc2cc(Br)cnc2c1N. The maximum atomic E-state index is 13.4. The number of nitrogen functional groups attached to an aromatic ring is 1. The third kappa shape index (κ3) is 2.87. The van der Waals surface area contributed by atoms with Crippen molar-refractivity contribution >= 4 is 38.3 Å². The first kappa shape index (κ1) is 13.0. The number of nitrogens with one attached hydrogen (secondary N) is 1. The lowest BCUT2D eigenvalue weighted by molar-refractivity contribution is 0.235. The molecule has 0 aliphatic carbocycles. The van der Waals surface area contributed by atoms with Gasteiger partial charge >= 0.3 is 0 Å². The fourth-order valence-electron chi connectivity index (χ4n) is 1.51. The van der Waals surface area contributed by atoms with E-state index in [2.05, 4.69) is 31.2 Å². The first-order valence-electron chi connectivity index (χ1n) is 5.49. The molecule has 0 aliphatic rings. The predicted molar refractivity (Wildman–Crippen MR) is 75.3 cm³/mol. The minimum Gasteiger partial charge on any atom is -0.395 e. The van der Waals surface area contributed by atoms with E-state index in [1.807, 2.05) is 6.07 Å². The summed E-state index contributed by atoms with van der Waals surface area (Å²) >= 11 is 3.32. The van der Waals surface area contributed by atoms with Gasteiger partial charge in [0, 0.05) is 17.2 Å². The summed E-state index contributed by atoms with van der Waals surface area (Å²) < 4.78 is 14.3. The number of rotatable bonds is 3. The Morgan fingerprint density at radius 2 is 2.11 bits per heavy atom. The summed E-state index contributed by atoms with van der Waals surface area (Å²) in [4.78, 5) is 8.46. The van der Waals surface area contributed by atoms with Crippen molar-refractivity contribution in [3.63, 3.8) is 0 Å². The van der Waals surface area contributed by atoms with Crippen molar-refractivity contribution in [3.8, 4) is 0 Å². The van der Waals surface area contributed by atoms with E-state index in [1.165, 1.54) is 13.8 Å². The maximum absolute atomic E-state index is 13.4. The van der Waals surface area contributed by atoms with Gasteiger partial charge in [-0.1, -0.05) is 0 Å². The first-order chi connectivity index (χ1) is 8.37. The van der Waals surface area contributed by atoms with Crippen LogP contribution in [-0.4, -0.2) is 22.2 Å². The molecule has 2 aromatic heterocycles. The molecule has 3 N–H and O–H groups in total. The summed E-state index contributed by atoms with van der Waals surface area (Å²) in [6, 6.07) is 1.83. The molecule has 96 valence electrons. The average Bonchev–Trinajstić information content (AvgIpc) is 2.26. The van der Waals surface area contributed by atoms with Crippen molar-refractivity contribution in [2.75, 3.05) is 17.6 Å². The number of aromatic nitrogens is 2. The fraction of sp³-hybridized carbons (Fsp3) is 0.333. The van der Waals surface area contributed by atoms with Gasteiger partial charge in [-0.3, -0.25) is 9.97 Å². The molecule has 0 atom stereocenters. The summed E-state index contributed by atoms with van der Waals surface area (Å²) in [6.07, 6.45) is 3.25. The van der Waals surface area contributed by atoms with E-state index in [0.29, 0.717) is 22.4 Å².